The monoisotopic (exact) mass is 518 g/mol. The Morgan fingerprint density at radius 3 is 2.24 bits per heavy atom. The SMILES string of the molecule is O=C(N[C@@H](Cc1ccccc1)C(=O)O)/C(=C/C=C/c1ccccc1)NC(=O)c1cccc(Br)c1. The van der Waals surface area contributed by atoms with Gasteiger partial charge in [-0.05, 0) is 35.4 Å². The van der Waals surface area contributed by atoms with Crippen LogP contribution in [0.1, 0.15) is 21.5 Å². The summed E-state index contributed by atoms with van der Waals surface area (Å²) < 4.78 is 0.716. The van der Waals surface area contributed by atoms with Gasteiger partial charge in [0, 0.05) is 16.5 Å². The topological polar surface area (TPSA) is 95.5 Å². The van der Waals surface area contributed by atoms with E-state index in [1.807, 2.05) is 36.4 Å². The van der Waals surface area contributed by atoms with Crippen LogP contribution in [0.3, 0.4) is 0 Å². The lowest BCUT2D eigenvalue weighted by Crippen LogP contribution is -2.45. The molecule has 1 atom stereocenters. The van der Waals surface area contributed by atoms with Crippen molar-refractivity contribution in [3.8, 4) is 0 Å². The number of nitrogens with one attached hydrogen (secondary N) is 2. The van der Waals surface area contributed by atoms with Crippen LogP contribution >= 0.6 is 15.9 Å². The molecule has 0 aliphatic heterocycles. The zero-order chi connectivity index (χ0) is 24.3. The number of carboxylic acids is 1. The lowest BCUT2D eigenvalue weighted by atomic mass is 10.1. The number of amides is 2. The Morgan fingerprint density at radius 2 is 1.59 bits per heavy atom. The molecule has 3 N–H and O–H groups in total. The van der Waals surface area contributed by atoms with Crippen molar-refractivity contribution >= 4 is 39.8 Å². The Balaban J connectivity index is 1.82. The van der Waals surface area contributed by atoms with Crippen molar-refractivity contribution in [1.82, 2.24) is 10.6 Å². The molecule has 0 saturated carbocycles. The van der Waals surface area contributed by atoms with E-state index < -0.39 is 23.8 Å². The van der Waals surface area contributed by atoms with Gasteiger partial charge in [-0.3, -0.25) is 9.59 Å². The largest absolute Gasteiger partial charge is 0.480 e. The first-order chi connectivity index (χ1) is 16.4. The summed E-state index contributed by atoms with van der Waals surface area (Å²) in [6.45, 7) is 0. The van der Waals surface area contributed by atoms with Gasteiger partial charge in [0.05, 0.1) is 0 Å². The van der Waals surface area contributed by atoms with Crippen LogP contribution < -0.4 is 10.6 Å². The Morgan fingerprint density at radius 1 is 0.912 bits per heavy atom. The minimum atomic E-state index is -1.17. The molecule has 3 aromatic rings. The number of carbonyl (C=O) groups is 3. The molecule has 0 aromatic heterocycles. The number of halogens is 1. The molecule has 7 heteroatoms. The highest BCUT2D eigenvalue weighted by molar-refractivity contribution is 9.10. The van der Waals surface area contributed by atoms with E-state index in [2.05, 4.69) is 26.6 Å². The fourth-order valence-electron chi connectivity index (χ4n) is 3.10. The maximum atomic E-state index is 13.0. The molecule has 0 aliphatic carbocycles. The zero-order valence-electron chi connectivity index (χ0n) is 18.1. The van der Waals surface area contributed by atoms with Gasteiger partial charge in [0.25, 0.3) is 11.8 Å². The molecule has 0 spiro atoms. The van der Waals surface area contributed by atoms with Gasteiger partial charge in [-0.2, -0.15) is 0 Å². The minimum absolute atomic E-state index is 0.0727. The summed E-state index contributed by atoms with van der Waals surface area (Å²) >= 11 is 3.32. The van der Waals surface area contributed by atoms with Gasteiger partial charge in [-0.15, -0.1) is 0 Å². The van der Waals surface area contributed by atoms with Crippen LogP contribution in [0.2, 0.25) is 0 Å². The first-order valence-electron chi connectivity index (χ1n) is 10.5. The summed E-state index contributed by atoms with van der Waals surface area (Å²) in [5, 5.41) is 14.8. The number of carboxylic acid groups (broad SMARTS) is 1. The van der Waals surface area contributed by atoms with E-state index in [1.54, 1.807) is 60.7 Å². The fraction of sp³-hybridized carbons (Fsp3) is 0.0741. The summed E-state index contributed by atoms with van der Waals surface area (Å²) in [5.41, 5.74) is 1.95. The number of hydrogen-bond donors (Lipinski definition) is 3. The van der Waals surface area contributed by atoms with Crippen LogP contribution in [-0.2, 0) is 16.0 Å². The average molecular weight is 519 g/mol. The summed E-state index contributed by atoms with van der Waals surface area (Å²) in [5.74, 6) is -2.37. The highest BCUT2D eigenvalue weighted by Crippen LogP contribution is 2.12. The standard InChI is InChI=1S/C27H23BrN2O4/c28-22-15-8-14-21(18-22)25(31)29-23(16-7-13-19-9-3-1-4-10-19)26(32)30-24(27(33)34)17-20-11-5-2-6-12-20/h1-16,18,24H,17H2,(H,29,31)(H,30,32)(H,33,34)/b13-7+,23-16-/t24-/m0/s1. The minimum Gasteiger partial charge on any atom is -0.480 e. The van der Waals surface area contributed by atoms with Crippen molar-refractivity contribution in [3.63, 3.8) is 0 Å². The van der Waals surface area contributed by atoms with E-state index in [0.717, 1.165) is 11.1 Å². The summed E-state index contributed by atoms with van der Waals surface area (Å²) in [6, 6.07) is 24.0. The van der Waals surface area contributed by atoms with Gasteiger partial charge in [0.15, 0.2) is 0 Å². The third-order valence-corrected chi connectivity index (χ3v) is 5.31. The van der Waals surface area contributed by atoms with E-state index in [4.69, 9.17) is 0 Å². The maximum Gasteiger partial charge on any atom is 0.326 e. The number of carbonyl (C=O) groups excluding carboxylic acids is 2. The van der Waals surface area contributed by atoms with E-state index in [1.165, 1.54) is 6.08 Å². The lowest BCUT2D eigenvalue weighted by molar-refractivity contribution is -0.141. The highest BCUT2D eigenvalue weighted by atomic mass is 79.9. The van der Waals surface area contributed by atoms with E-state index in [0.29, 0.717) is 10.0 Å². The summed E-state index contributed by atoms with van der Waals surface area (Å²) in [7, 11) is 0. The predicted molar refractivity (Wildman–Crippen MR) is 135 cm³/mol. The number of aliphatic carboxylic acids is 1. The number of rotatable bonds is 9. The number of allylic oxidation sites excluding steroid dienone is 2. The van der Waals surface area contributed by atoms with Crippen LogP contribution in [0.4, 0.5) is 0 Å². The van der Waals surface area contributed by atoms with Crippen LogP contribution in [0.15, 0.2) is 107 Å². The highest BCUT2D eigenvalue weighted by Gasteiger charge is 2.23. The second-order valence-corrected chi connectivity index (χ2v) is 8.28. The van der Waals surface area contributed by atoms with Gasteiger partial charge in [0.2, 0.25) is 0 Å². The molecule has 2 amide bonds. The summed E-state index contributed by atoms with van der Waals surface area (Å²) in [6.07, 6.45) is 4.95. The van der Waals surface area contributed by atoms with Crippen LogP contribution in [0.25, 0.3) is 6.08 Å². The van der Waals surface area contributed by atoms with Gasteiger partial charge in [-0.1, -0.05) is 94.8 Å². The van der Waals surface area contributed by atoms with Crippen molar-refractivity contribution in [1.29, 1.82) is 0 Å². The smallest absolute Gasteiger partial charge is 0.326 e. The van der Waals surface area contributed by atoms with Gasteiger partial charge in [-0.25, -0.2) is 4.79 Å². The fourth-order valence-corrected chi connectivity index (χ4v) is 3.50. The predicted octanol–water partition coefficient (Wildman–Crippen LogP) is 4.59. The lowest BCUT2D eigenvalue weighted by Gasteiger charge is -2.16. The quantitative estimate of drug-likeness (QED) is 0.285. The van der Waals surface area contributed by atoms with Gasteiger partial charge >= 0.3 is 5.97 Å². The van der Waals surface area contributed by atoms with Crippen molar-refractivity contribution in [2.45, 2.75) is 12.5 Å². The van der Waals surface area contributed by atoms with Crippen molar-refractivity contribution in [2.24, 2.45) is 0 Å². The van der Waals surface area contributed by atoms with Crippen LogP contribution in [0.5, 0.6) is 0 Å². The average Bonchev–Trinajstić information content (AvgIpc) is 2.84. The third kappa shape index (κ3) is 7.56. The van der Waals surface area contributed by atoms with Crippen LogP contribution in [0, 0.1) is 0 Å². The normalized spacial score (nSPS) is 12.2. The maximum absolute atomic E-state index is 13.0. The van der Waals surface area contributed by atoms with Crippen LogP contribution in [-0.4, -0.2) is 28.9 Å². The van der Waals surface area contributed by atoms with E-state index in [9.17, 15) is 19.5 Å². The molecule has 0 unspecified atom stereocenters. The molecule has 34 heavy (non-hydrogen) atoms. The van der Waals surface area contributed by atoms with Crippen molar-refractivity contribution < 1.29 is 19.5 Å². The van der Waals surface area contributed by atoms with E-state index >= 15 is 0 Å². The second-order valence-electron chi connectivity index (χ2n) is 7.37. The number of hydrogen-bond acceptors (Lipinski definition) is 3. The molecule has 3 rings (SSSR count). The Kier molecular flexibility index (Phi) is 8.94. The molecule has 0 bridgehead atoms. The third-order valence-electron chi connectivity index (χ3n) is 4.82. The second kappa shape index (κ2) is 12.3. The zero-order valence-corrected chi connectivity index (χ0v) is 19.7. The molecule has 0 fully saturated rings. The molecular weight excluding hydrogens is 496 g/mol. The molecule has 0 radical (unpaired) electrons. The molecule has 0 saturated heterocycles. The molecule has 0 heterocycles. The number of benzene rings is 3. The molecule has 172 valence electrons. The molecular formula is C27H23BrN2O4. The van der Waals surface area contributed by atoms with Crippen molar-refractivity contribution in [2.75, 3.05) is 0 Å². The first kappa shape index (κ1) is 24.7. The molecule has 0 aliphatic rings. The Bertz CT molecular complexity index is 1210. The summed E-state index contributed by atoms with van der Waals surface area (Å²) in [4.78, 5) is 37.6. The Labute approximate surface area is 206 Å². The van der Waals surface area contributed by atoms with Gasteiger partial charge in [0.1, 0.15) is 11.7 Å². The van der Waals surface area contributed by atoms with Gasteiger partial charge < -0.3 is 15.7 Å². The molecule has 3 aromatic carbocycles. The Hall–Kier alpha value is -3.97. The first-order valence-corrected chi connectivity index (χ1v) is 11.3. The van der Waals surface area contributed by atoms with Crippen molar-refractivity contribution in [3.05, 3.63) is 124 Å². The van der Waals surface area contributed by atoms with E-state index in [-0.39, 0.29) is 12.1 Å². The molecule has 6 nitrogen and oxygen atoms in total.